The van der Waals surface area contributed by atoms with Crippen LogP contribution in [0.3, 0.4) is 0 Å². The SMILES string of the molecule is Cc1ccc(Sc2c(C)nc3ccc(F)cn3c2=O)cc1. The number of halogens is 1. The van der Waals surface area contributed by atoms with Crippen molar-refractivity contribution in [3.8, 4) is 0 Å². The monoisotopic (exact) mass is 300 g/mol. The summed E-state index contributed by atoms with van der Waals surface area (Å²) in [6.45, 7) is 3.80. The predicted octanol–water partition coefficient (Wildman–Crippen LogP) is 3.60. The zero-order valence-corrected chi connectivity index (χ0v) is 12.4. The van der Waals surface area contributed by atoms with Crippen molar-refractivity contribution in [1.82, 2.24) is 9.38 Å². The molecule has 0 unspecified atom stereocenters. The molecule has 3 nitrogen and oxygen atoms in total. The molecule has 0 amide bonds. The first-order valence-corrected chi connectivity index (χ1v) is 7.29. The second kappa shape index (κ2) is 5.33. The molecule has 2 aromatic heterocycles. The summed E-state index contributed by atoms with van der Waals surface area (Å²) in [5, 5.41) is 0. The lowest BCUT2D eigenvalue weighted by molar-refractivity contribution is 0.616. The van der Waals surface area contributed by atoms with Gasteiger partial charge in [0, 0.05) is 11.1 Å². The van der Waals surface area contributed by atoms with Crippen molar-refractivity contribution < 1.29 is 4.39 Å². The van der Waals surface area contributed by atoms with E-state index in [1.54, 1.807) is 6.92 Å². The van der Waals surface area contributed by atoms with Gasteiger partial charge in [0.1, 0.15) is 11.5 Å². The molecule has 0 aliphatic heterocycles. The number of hydrogen-bond donors (Lipinski definition) is 0. The Morgan fingerprint density at radius 2 is 1.81 bits per heavy atom. The summed E-state index contributed by atoms with van der Waals surface area (Å²) in [4.78, 5) is 18.3. The van der Waals surface area contributed by atoms with Crippen molar-refractivity contribution >= 4 is 17.4 Å². The van der Waals surface area contributed by atoms with Crippen LogP contribution in [-0.4, -0.2) is 9.38 Å². The van der Waals surface area contributed by atoms with Gasteiger partial charge in [-0.25, -0.2) is 9.37 Å². The van der Waals surface area contributed by atoms with E-state index >= 15 is 0 Å². The molecule has 3 rings (SSSR count). The quantitative estimate of drug-likeness (QED) is 0.725. The lowest BCUT2D eigenvalue weighted by atomic mass is 10.2. The van der Waals surface area contributed by atoms with Crippen molar-refractivity contribution in [2.75, 3.05) is 0 Å². The van der Waals surface area contributed by atoms with Gasteiger partial charge in [0.25, 0.3) is 5.56 Å². The van der Waals surface area contributed by atoms with Gasteiger partial charge in [-0.2, -0.15) is 0 Å². The summed E-state index contributed by atoms with van der Waals surface area (Å²) in [5.41, 5.74) is 2.01. The number of aryl methyl sites for hydroxylation is 2. The summed E-state index contributed by atoms with van der Waals surface area (Å²) in [5.74, 6) is -0.457. The van der Waals surface area contributed by atoms with E-state index in [2.05, 4.69) is 4.98 Å². The molecule has 0 bridgehead atoms. The van der Waals surface area contributed by atoms with Gasteiger partial charge in [-0.1, -0.05) is 29.5 Å². The van der Waals surface area contributed by atoms with Gasteiger partial charge in [-0.3, -0.25) is 9.20 Å². The highest BCUT2D eigenvalue weighted by molar-refractivity contribution is 7.99. The highest BCUT2D eigenvalue weighted by Gasteiger charge is 2.11. The maximum absolute atomic E-state index is 13.3. The van der Waals surface area contributed by atoms with Gasteiger partial charge in [0.2, 0.25) is 0 Å². The Balaban J connectivity index is 2.13. The van der Waals surface area contributed by atoms with Gasteiger partial charge in [0.15, 0.2) is 0 Å². The molecule has 0 N–H and O–H groups in total. The van der Waals surface area contributed by atoms with Gasteiger partial charge in [-0.05, 0) is 38.1 Å². The molecule has 0 saturated carbocycles. The molecule has 21 heavy (non-hydrogen) atoms. The molecule has 2 heterocycles. The standard InChI is InChI=1S/C16H13FN2OS/c1-10-3-6-13(7-4-10)21-15-11(2)18-14-8-5-12(17)9-19(14)16(15)20/h3-9H,1-2H3. The molecule has 1 aromatic carbocycles. The second-order valence-electron chi connectivity index (χ2n) is 4.82. The van der Waals surface area contributed by atoms with E-state index in [-0.39, 0.29) is 5.56 Å². The van der Waals surface area contributed by atoms with E-state index in [1.807, 2.05) is 31.2 Å². The number of aromatic nitrogens is 2. The minimum atomic E-state index is -0.457. The van der Waals surface area contributed by atoms with E-state index in [0.717, 1.165) is 10.5 Å². The van der Waals surface area contributed by atoms with Crippen LogP contribution >= 0.6 is 11.8 Å². The van der Waals surface area contributed by atoms with E-state index in [1.165, 1.54) is 34.5 Å². The minimum Gasteiger partial charge on any atom is -0.268 e. The third kappa shape index (κ3) is 2.69. The fourth-order valence-electron chi connectivity index (χ4n) is 2.05. The van der Waals surface area contributed by atoms with Gasteiger partial charge in [0.05, 0.1) is 10.6 Å². The molecule has 3 aromatic rings. The number of nitrogens with zero attached hydrogens (tertiary/aromatic N) is 2. The maximum Gasteiger partial charge on any atom is 0.272 e. The third-order valence-corrected chi connectivity index (χ3v) is 4.34. The molecule has 0 atom stereocenters. The fourth-order valence-corrected chi connectivity index (χ4v) is 2.94. The van der Waals surface area contributed by atoms with Crippen LogP contribution in [0.15, 0.2) is 57.2 Å². The normalized spacial score (nSPS) is 11.0. The smallest absolute Gasteiger partial charge is 0.268 e. The largest absolute Gasteiger partial charge is 0.272 e. The molecule has 0 radical (unpaired) electrons. The zero-order valence-electron chi connectivity index (χ0n) is 11.6. The minimum absolute atomic E-state index is 0.248. The molecule has 0 spiro atoms. The molecular weight excluding hydrogens is 287 g/mol. The van der Waals surface area contributed by atoms with Crippen molar-refractivity contribution in [2.45, 2.75) is 23.6 Å². The molecule has 0 fully saturated rings. The molecule has 0 aliphatic carbocycles. The molecule has 0 saturated heterocycles. The molecule has 0 aliphatic rings. The first-order valence-electron chi connectivity index (χ1n) is 6.47. The maximum atomic E-state index is 13.3. The molecule has 106 valence electrons. The Bertz CT molecular complexity index is 872. The highest BCUT2D eigenvalue weighted by Crippen LogP contribution is 2.27. The average molecular weight is 300 g/mol. The van der Waals surface area contributed by atoms with Crippen LogP contribution in [0.5, 0.6) is 0 Å². The Hall–Kier alpha value is -2.14. The fraction of sp³-hybridized carbons (Fsp3) is 0.125. The Kier molecular flexibility index (Phi) is 3.51. The Labute approximate surface area is 125 Å². The number of hydrogen-bond acceptors (Lipinski definition) is 3. The first kappa shape index (κ1) is 13.8. The van der Waals surface area contributed by atoms with E-state index in [9.17, 15) is 9.18 Å². The number of benzene rings is 1. The van der Waals surface area contributed by atoms with Crippen LogP contribution in [0.4, 0.5) is 4.39 Å². The first-order chi connectivity index (χ1) is 10.0. The van der Waals surface area contributed by atoms with Gasteiger partial charge >= 0.3 is 0 Å². The second-order valence-corrected chi connectivity index (χ2v) is 5.91. The van der Waals surface area contributed by atoms with Crippen LogP contribution < -0.4 is 5.56 Å². The van der Waals surface area contributed by atoms with Crippen LogP contribution in [0.2, 0.25) is 0 Å². The van der Waals surface area contributed by atoms with Gasteiger partial charge < -0.3 is 0 Å². The van der Waals surface area contributed by atoms with Crippen molar-refractivity contribution in [3.05, 3.63) is 70.0 Å². The van der Waals surface area contributed by atoms with Crippen molar-refractivity contribution in [3.63, 3.8) is 0 Å². The Morgan fingerprint density at radius 1 is 1.10 bits per heavy atom. The van der Waals surface area contributed by atoms with E-state index in [4.69, 9.17) is 0 Å². The summed E-state index contributed by atoms with van der Waals surface area (Å²) < 4.78 is 14.6. The zero-order chi connectivity index (χ0) is 15.0. The summed E-state index contributed by atoms with van der Waals surface area (Å²) in [6.07, 6.45) is 1.17. The van der Waals surface area contributed by atoms with Crippen LogP contribution in [0.25, 0.3) is 5.65 Å². The third-order valence-electron chi connectivity index (χ3n) is 3.16. The van der Waals surface area contributed by atoms with E-state index in [0.29, 0.717) is 16.2 Å². The predicted molar refractivity (Wildman–Crippen MR) is 81.5 cm³/mol. The topological polar surface area (TPSA) is 34.4 Å². The number of pyridine rings is 1. The van der Waals surface area contributed by atoms with Crippen LogP contribution in [0.1, 0.15) is 11.3 Å². The number of fused-ring (bicyclic) bond motifs is 1. The van der Waals surface area contributed by atoms with Crippen LogP contribution in [-0.2, 0) is 0 Å². The number of rotatable bonds is 2. The summed E-state index contributed by atoms with van der Waals surface area (Å²) in [6, 6.07) is 10.7. The van der Waals surface area contributed by atoms with Crippen molar-refractivity contribution in [1.29, 1.82) is 0 Å². The van der Waals surface area contributed by atoms with Crippen molar-refractivity contribution in [2.24, 2.45) is 0 Å². The molecular formula is C16H13FN2OS. The summed E-state index contributed by atoms with van der Waals surface area (Å²) >= 11 is 1.35. The lowest BCUT2D eigenvalue weighted by Gasteiger charge is -2.08. The Morgan fingerprint density at radius 3 is 2.52 bits per heavy atom. The lowest BCUT2D eigenvalue weighted by Crippen LogP contribution is -2.18. The highest BCUT2D eigenvalue weighted by atomic mass is 32.2. The van der Waals surface area contributed by atoms with E-state index < -0.39 is 5.82 Å². The molecule has 5 heteroatoms. The summed E-state index contributed by atoms with van der Waals surface area (Å²) in [7, 11) is 0. The van der Waals surface area contributed by atoms with Gasteiger partial charge in [-0.15, -0.1) is 0 Å². The average Bonchev–Trinajstić information content (AvgIpc) is 2.46. The van der Waals surface area contributed by atoms with Crippen LogP contribution in [0, 0.1) is 19.7 Å².